The Morgan fingerprint density at radius 2 is 2.31 bits per heavy atom. The molecule has 1 unspecified atom stereocenters. The fourth-order valence-corrected chi connectivity index (χ4v) is 1.05. The minimum absolute atomic E-state index is 0.225. The molecule has 4 nitrogen and oxygen atoms in total. The lowest BCUT2D eigenvalue weighted by Gasteiger charge is -2.20. The molecule has 1 rings (SSSR count). The van der Waals surface area contributed by atoms with Crippen molar-refractivity contribution in [3.05, 3.63) is 24.4 Å². The van der Waals surface area contributed by atoms with E-state index >= 15 is 0 Å². The van der Waals surface area contributed by atoms with E-state index in [-0.39, 0.29) is 6.61 Å². The van der Waals surface area contributed by atoms with Gasteiger partial charge in [0, 0.05) is 19.8 Å². The van der Waals surface area contributed by atoms with Crippen LogP contribution < -0.4 is 4.90 Å². The molecule has 13 heavy (non-hydrogen) atoms. The minimum atomic E-state index is -0.716. The molecule has 2 N–H and O–H groups in total. The van der Waals surface area contributed by atoms with Crippen LogP contribution in [0.4, 0.5) is 5.82 Å². The highest BCUT2D eigenvalue weighted by atomic mass is 16.3. The van der Waals surface area contributed by atoms with Crippen LogP contribution in [0.5, 0.6) is 0 Å². The SMILES string of the molecule is CN(CC(O)CO)c1ccccn1. The number of aliphatic hydroxyl groups is 2. The summed E-state index contributed by atoms with van der Waals surface area (Å²) in [7, 11) is 1.82. The van der Waals surface area contributed by atoms with Gasteiger partial charge in [0.05, 0.1) is 12.7 Å². The maximum Gasteiger partial charge on any atom is 0.128 e. The number of hydrogen-bond acceptors (Lipinski definition) is 4. The summed E-state index contributed by atoms with van der Waals surface area (Å²) >= 11 is 0. The molecule has 0 amide bonds. The Morgan fingerprint density at radius 3 is 2.85 bits per heavy atom. The normalized spacial score (nSPS) is 12.5. The zero-order valence-electron chi connectivity index (χ0n) is 7.59. The van der Waals surface area contributed by atoms with Gasteiger partial charge in [0.1, 0.15) is 5.82 Å². The number of anilines is 1. The van der Waals surface area contributed by atoms with Crippen molar-refractivity contribution in [3.63, 3.8) is 0 Å². The Kier molecular flexibility index (Phi) is 3.67. The molecule has 0 aliphatic carbocycles. The minimum Gasteiger partial charge on any atom is -0.394 e. The molecule has 4 heteroatoms. The first kappa shape index (κ1) is 9.95. The summed E-state index contributed by atoms with van der Waals surface area (Å²) in [5, 5.41) is 17.8. The molecule has 0 aliphatic rings. The van der Waals surface area contributed by atoms with Crippen LogP contribution in [0.1, 0.15) is 0 Å². The second kappa shape index (κ2) is 4.79. The average molecular weight is 182 g/mol. The maximum absolute atomic E-state index is 9.17. The summed E-state index contributed by atoms with van der Waals surface area (Å²) in [5.74, 6) is 0.787. The van der Waals surface area contributed by atoms with Gasteiger partial charge in [-0.25, -0.2) is 4.98 Å². The first-order valence-electron chi connectivity index (χ1n) is 4.15. The van der Waals surface area contributed by atoms with Crippen molar-refractivity contribution in [1.82, 2.24) is 4.98 Å². The van der Waals surface area contributed by atoms with Crippen LogP contribution in [0.3, 0.4) is 0 Å². The van der Waals surface area contributed by atoms with E-state index in [1.165, 1.54) is 0 Å². The lowest BCUT2D eigenvalue weighted by Crippen LogP contribution is -2.31. The van der Waals surface area contributed by atoms with Crippen LogP contribution in [0.15, 0.2) is 24.4 Å². The summed E-state index contributed by atoms with van der Waals surface area (Å²) < 4.78 is 0. The third kappa shape index (κ3) is 3.01. The van der Waals surface area contributed by atoms with Crippen LogP contribution in [0.25, 0.3) is 0 Å². The van der Waals surface area contributed by atoms with E-state index in [0.717, 1.165) is 5.82 Å². The van der Waals surface area contributed by atoms with Crippen molar-refractivity contribution in [2.24, 2.45) is 0 Å². The first-order valence-corrected chi connectivity index (χ1v) is 4.15. The molecule has 1 aromatic rings. The smallest absolute Gasteiger partial charge is 0.128 e. The number of likely N-dealkylation sites (N-methyl/N-ethyl adjacent to an activating group) is 1. The number of aromatic nitrogens is 1. The quantitative estimate of drug-likeness (QED) is 0.681. The van der Waals surface area contributed by atoms with E-state index in [1.807, 2.05) is 25.2 Å². The Labute approximate surface area is 77.5 Å². The number of pyridine rings is 1. The van der Waals surface area contributed by atoms with E-state index < -0.39 is 6.10 Å². The molecule has 1 aromatic heterocycles. The van der Waals surface area contributed by atoms with Crippen LogP contribution >= 0.6 is 0 Å². The zero-order chi connectivity index (χ0) is 9.68. The molecule has 0 aliphatic heterocycles. The molecular formula is C9H14N2O2. The van der Waals surface area contributed by atoms with Crippen LogP contribution in [-0.4, -0.2) is 41.5 Å². The molecule has 0 fully saturated rings. The largest absolute Gasteiger partial charge is 0.394 e. The third-order valence-corrected chi connectivity index (χ3v) is 1.74. The molecular weight excluding hydrogens is 168 g/mol. The first-order chi connectivity index (χ1) is 6.24. The van der Waals surface area contributed by atoms with E-state index in [2.05, 4.69) is 4.98 Å². The Hall–Kier alpha value is -1.13. The standard InChI is InChI=1S/C9H14N2O2/c1-11(6-8(13)7-12)9-4-2-3-5-10-9/h2-5,8,12-13H,6-7H2,1H3. The lowest BCUT2D eigenvalue weighted by molar-refractivity contribution is 0.101. The molecule has 0 aromatic carbocycles. The van der Waals surface area contributed by atoms with E-state index in [9.17, 15) is 5.11 Å². The summed E-state index contributed by atoms with van der Waals surface area (Å²) in [6.45, 7) is 0.157. The molecule has 1 atom stereocenters. The predicted octanol–water partition coefficient (Wildman–Crippen LogP) is -0.129. The maximum atomic E-state index is 9.17. The number of aliphatic hydroxyl groups excluding tert-OH is 2. The van der Waals surface area contributed by atoms with E-state index in [1.54, 1.807) is 11.1 Å². The van der Waals surface area contributed by atoms with Crippen LogP contribution in [0, 0.1) is 0 Å². The zero-order valence-corrected chi connectivity index (χ0v) is 7.59. The van der Waals surface area contributed by atoms with Crippen molar-refractivity contribution >= 4 is 5.82 Å². The van der Waals surface area contributed by atoms with Gasteiger partial charge in [-0.05, 0) is 12.1 Å². The van der Waals surface area contributed by atoms with Crippen LogP contribution in [-0.2, 0) is 0 Å². The molecule has 0 saturated carbocycles. The average Bonchev–Trinajstić information content (AvgIpc) is 2.19. The summed E-state index contributed by atoms with van der Waals surface area (Å²) in [6.07, 6.45) is 0.976. The summed E-state index contributed by atoms with van der Waals surface area (Å²) in [5.41, 5.74) is 0. The molecule has 72 valence electrons. The molecule has 0 saturated heterocycles. The summed E-state index contributed by atoms with van der Waals surface area (Å²) in [4.78, 5) is 5.89. The lowest BCUT2D eigenvalue weighted by atomic mass is 10.3. The number of nitrogens with zero attached hydrogens (tertiary/aromatic N) is 2. The fourth-order valence-electron chi connectivity index (χ4n) is 1.05. The Bertz CT molecular complexity index is 241. The van der Waals surface area contributed by atoms with E-state index in [0.29, 0.717) is 6.54 Å². The predicted molar refractivity (Wildman–Crippen MR) is 50.6 cm³/mol. The second-order valence-electron chi connectivity index (χ2n) is 2.90. The van der Waals surface area contributed by atoms with Gasteiger partial charge in [0.2, 0.25) is 0 Å². The highest BCUT2D eigenvalue weighted by molar-refractivity contribution is 5.36. The van der Waals surface area contributed by atoms with Crippen LogP contribution in [0.2, 0.25) is 0 Å². The number of hydrogen-bond donors (Lipinski definition) is 2. The molecule has 0 spiro atoms. The topological polar surface area (TPSA) is 56.6 Å². The molecule has 0 radical (unpaired) electrons. The van der Waals surface area contributed by atoms with Crippen molar-refractivity contribution in [2.45, 2.75) is 6.10 Å². The highest BCUT2D eigenvalue weighted by Crippen LogP contribution is 2.06. The van der Waals surface area contributed by atoms with Crippen molar-refractivity contribution < 1.29 is 10.2 Å². The summed E-state index contributed by atoms with van der Waals surface area (Å²) in [6, 6.07) is 5.56. The fraction of sp³-hybridized carbons (Fsp3) is 0.444. The van der Waals surface area contributed by atoms with Gasteiger partial charge < -0.3 is 15.1 Å². The highest BCUT2D eigenvalue weighted by Gasteiger charge is 2.07. The van der Waals surface area contributed by atoms with Gasteiger partial charge in [-0.3, -0.25) is 0 Å². The Morgan fingerprint density at radius 1 is 1.54 bits per heavy atom. The number of rotatable bonds is 4. The van der Waals surface area contributed by atoms with Gasteiger partial charge in [-0.15, -0.1) is 0 Å². The van der Waals surface area contributed by atoms with Crippen molar-refractivity contribution in [3.8, 4) is 0 Å². The molecule has 0 bridgehead atoms. The van der Waals surface area contributed by atoms with Gasteiger partial charge >= 0.3 is 0 Å². The monoisotopic (exact) mass is 182 g/mol. The second-order valence-corrected chi connectivity index (χ2v) is 2.90. The van der Waals surface area contributed by atoms with Gasteiger partial charge in [-0.2, -0.15) is 0 Å². The van der Waals surface area contributed by atoms with Crippen molar-refractivity contribution in [1.29, 1.82) is 0 Å². The van der Waals surface area contributed by atoms with E-state index in [4.69, 9.17) is 5.11 Å². The molecule has 1 heterocycles. The Balaban J connectivity index is 2.53. The van der Waals surface area contributed by atoms with Gasteiger partial charge in [0.15, 0.2) is 0 Å². The van der Waals surface area contributed by atoms with Gasteiger partial charge in [0.25, 0.3) is 0 Å². The van der Waals surface area contributed by atoms with Gasteiger partial charge in [-0.1, -0.05) is 6.07 Å². The third-order valence-electron chi connectivity index (χ3n) is 1.74. The van der Waals surface area contributed by atoms with Crippen molar-refractivity contribution in [2.75, 3.05) is 25.1 Å².